The van der Waals surface area contributed by atoms with Crippen LogP contribution in [0, 0.1) is 11.2 Å². The Balaban J connectivity index is 1.38. The molecule has 0 unspecified atom stereocenters. The smallest absolute Gasteiger partial charge is 0.270 e. The van der Waals surface area contributed by atoms with Crippen LogP contribution in [0.1, 0.15) is 30.0 Å². The van der Waals surface area contributed by atoms with Crippen LogP contribution in [0.5, 0.6) is 0 Å². The highest BCUT2D eigenvalue weighted by atomic mass is 35.5. The molecule has 34 heavy (non-hydrogen) atoms. The topological polar surface area (TPSA) is 129 Å². The summed E-state index contributed by atoms with van der Waals surface area (Å²) in [6, 6.07) is 6.51. The van der Waals surface area contributed by atoms with Gasteiger partial charge >= 0.3 is 0 Å². The summed E-state index contributed by atoms with van der Waals surface area (Å²) in [5.41, 5.74) is 19.7. The molecule has 11 heteroatoms. The monoisotopic (exact) mass is 501 g/mol. The molecule has 0 bridgehead atoms. The van der Waals surface area contributed by atoms with Gasteiger partial charge in [-0.25, -0.2) is 9.37 Å². The maximum absolute atomic E-state index is 14.4. The predicted octanol–water partition coefficient (Wildman–Crippen LogP) is 3.13. The van der Waals surface area contributed by atoms with Crippen LogP contribution < -0.4 is 27.7 Å². The largest absolute Gasteiger partial charge is 0.382 e. The van der Waals surface area contributed by atoms with E-state index in [4.69, 9.17) is 28.8 Å². The van der Waals surface area contributed by atoms with Gasteiger partial charge in [0.2, 0.25) is 5.95 Å². The lowest BCUT2D eigenvalue weighted by Gasteiger charge is -2.42. The van der Waals surface area contributed by atoms with Crippen LogP contribution >= 0.6 is 23.4 Å². The highest BCUT2D eigenvalue weighted by molar-refractivity contribution is 7.99. The van der Waals surface area contributed by atoms with Crippen molar-refractivity contribution in [3.63, 3.8) is 0 Å². The molecule has 0 saturated carbocycles. The molecule has 8 nitrogen and oxygen atoms in total. The first kappa shape index (κ1) is 22.9. The van der Waals surface area contributed by atoms with Crippen LogP contribution in [0.15, 0.2) is 45.0 Å². The lowest BCUT2D eigenvalue weighted by molar-refractivity contribution is 0.185. The number of benzene rings is 1. The number of piperidine rings is 1. The maximum atomic E-state index is 14.4. The molecule has 3 heterocycles. The zero-order valence-corrected chi connectivity index (χ0v) is 20.2. The van der Waals surface area contributed by atoms with Crippen molar-refractivity contribution in [1.29, 1.82) is 0 Å². The lowest BCUT2D eigenvalue weighted by atomic mass is 9.73. The second-order valence-corrected chi connectivity index (χ2v) is 10.3. The van der Waals surface area contributed by atoms with E-state index in [2.05, 4.69) is 9.97 Å². The second-order valence-electron chi connectivity index (χ2n) is 8.92. The highest BCUT2D eigenvalue weighted by Gasteiger charge is 2.47. The third-order valence-corrected chi connectivity index (χ3v) is 8.70. The predicted molar refractivity (Wildman–Crippen MR) is 133 cm³/mol. The van der Waals surface area contributed by atoms with Crippen molar-refractivity contribution in [2.24, 2.45) is 18.2 Å². The molecule has 0 radical (unpaired) electrons. The van der Waals surface area contributed by atoms with E-state index in [9.17, 15) is 9.18 Å². The zero-order valence-electron chi connectivity index (χ0n) is 18.6. The number of pyridine rings is 1. The van der Waals surface area contributed by atoms with E-state index in [0.717, 1.165) is 36.6 Å². The SMILES string of the molecule is Cn1c(N2CCC3(CC2)Cc2cccc(F)c2[C@H]3N)nc(N)c(Sc2ccnc(N)c2Cl)c1=O. The van der Waals surface area contributed by atoms with Gasteiger partial charge in [0.05, 0.1) is 5.02 Å². The molecule has 1 aliphatic carbocycles. The molecule has 2 aromatic heterocycles. The molecule has 1 atom stereocenters. The number of fused-ring (bicyclic) bond motifs is 1. The number of hydrogen-bond acceptors (Lipinski definition) is 8. The van der Waals surface area contributed by atoms with E-state index >= 15 is 0 Å². The summed E-state index contributed by atoms with van der Waals surface area (Å²) < 4.78 is 15.9. The van der Waals surface area contributed by atoms with Crippen molar-refractivity contribution < 1.29 is 4.39 Å². The van der Waals surface area contributed by atoms with Crippen molar-refractivity contribution in [1.82, 2.24) is 14.5 Å². The van der Waals surface area contributed by atoms with Gasteiger partial charge < -0.3 is 22.1 Å². The van der Waals surface area contributed by atoms with Gasteiger partial charge in [0.25, 0.3) is 5.56 Å². The van der Waals surface area contributed by atoms with E-state index in [0.29, 0.717) is 29.5 Å². The first-order valence-electron chi connectivity index (χ1n) is 10.9. The van der Waals surface area contributed by atoms with Gasteiger partial charge in [-0.2, -0.15) is 4.98 Å². The number of aromatic nitrogens is 3. The molecule has 5 rings (SSSR count). The van der Waals surface area contributed by atoms with Gasteiger partial charge in [-0.05, 0) is 42.4 Å². The van der Waals surface area contributed by atoms with E-state index in [1.54, 1.807) is 19.2 Å². The summed E-state index contributed by atoms with van der Waals surface area (Å²) in [5, 5.41) is 0.268. The van der Waals surface area contributed by atoms with Crippen molar-refractivity contribution in [2.75, 3.05) is 29.5 Å². The fourth-order valence-electron chi connectivity index (χ4n) is 5.11. The number of rotatable bonds is 3. The number of nitrogens with two attached hydrogens (primary N) is 3. The fourth-order valence-corrected chi connectivity index (χ4v) is 6.26. The Morgan fingerprint density at radius 2 is 1.94 bits per heavy atom. The van der Waals surface area contributed by atoms with Crippen molar-refractivity contribution in [3.8, 4) is 0 Å². The molecule has 1 aromatic carbocycles. The molecular weight excluding hydrogens is 477 g/mol. The molecule has 0 amide bonds. The highest BCUT2D eigenvalue weighted by Crippen LogP contribution is 2.51. The molecule has 1 spiro atoms. The van der Waals surface area contributed by atoms with Gasteiger partial charge in [-0.3, -0.25) is 9.36 Å². The standard InChI is InChI=1S/C23H25ClFN7OS/c1-31-21(33)17(34-14-5-8-29-19(27)16(14)24)20(28)30-22(31)32-9-6-23(7-10-32)11-12-3-2-4-13(25)15(12)18(23)26/h2-5,8,18H,6-7,9-11,26,28H2,1H3,(H2,27,29)/t18-/m1/s1. The number of anilines is 3. The summed E-state index contributed by atoms with van der Waals surface area (Å²) in [6.07, 6.45) is 3.81. The Hall–Kier alpha value is -2.82. The van der Waals surface area contributed by atoms with E-state index in [1.165, 1.54) is 16.8 Å². The van der Waals surface area contributed by atoms with Crippen molar-refractivity contribution >= 4 is 40.9 Å². The average molecular weight is 502 g/mol. The Morgan fingerprint density at radius 3 is 2.65 bits per heavy atom. The molecule has 178 valence electrons. The summed E-state index contributed by atoms with van der Waals surface area (Å²) in [7, 11) is 1.67. The molecule has 1 saturated heterocycles. The Labute approximate surface area is 205 Å². The summed E-state index contributed by atoms with van der Waals surface area (Å²) >= 11 is 7.35. The van der Waals surface area contributed by atoms with E-state index in [1.807, 2.05) is 11.0 Å². The fraction of sp³-hybridized carbons (Fsp3) is 0.348. The quantitative estimate of drug-likeness (QED) is 0.499. The minimum atomic E-state index is -0.343. The van der Waals surface area contributed by atoms with Gasteiger partial charge in [-0.15, -0.1) is 0 Å². The van der Waals surface area contributed by atoms with Crippen LogP contribution in [-0.4, -0.2) is 27.6 Å². The average Bonchev–Trinajstić information content (AvgIpc) is 3.09. The number of nitrogens with zero attached hydrogens (tertiary/aromatic N) is 4. The van der Waals surface area contributed by atoms with Gasteiger partial charge in [0.1, 0.15) is 22.3 Å². The minimum absolute atomic E-state index is 0.127. The molecular formula is C23H25ClFN7OS. The molecule has 1 fully saturated rings. The van der Waals surface area contributed by atoms with Gasteiger partial charge in [-0.1, -0.05) is 35.5 Å². The normalized spacial score (nSPS) is 18.9. The number of nitrogen functional groups attached to an aromatic ring is 2. The number of halogens is 2. The zero-order chi connectivity index (χ0) is 24.2. The summed E-state index contributed by atoms with van der Waals surface area (Å²) in [4.78, 5) is 24.6. The first-order chi connectivity index (χ1) is 16.2. The molecule has 3 aromatic rings. The van der Waals surface area contributed by atoms with Crippen molar-refractivity contribution in [3.05, 3.63) is 62.8 Å². The summed E-state index contributed by atoms with van der Waals surface area (Å²) in [5.74, 6) is 0.575. The Bertz CT molecular complexity index is 1340. The van der Waals surface area contributed by atoms with E-state index in [-0.39, 0.29) is 44.4 Å². The maximum Gasteiger partial charge on any atom is 0.270 e. The Kier molecular flexibility index (Phi) is 5.70. The van der Waals surface area contributed by atoms with Gasteiger partial charge in [0, 0.05) is 42.8 Å². The lowest BCUT2D eigenvalue weighted by Crippen LogP contribution is -2.46. The van der Waals surface area contributed by atoms with Crippen LogP contribution in [0.25, 0.3) is 0 Å². The third-order valence-electron chi connectivity index (χ3n) is 7.04. The second kappa shape index (κ2) is 8.44. The van der Waals surface area contributed by atoms with Crippen LogP contribution in [0.2, 0.25) is 5.02 Å². The van der Waals surface area contributed by atoms with Crippen LogP contribution in [0.4, 0.5) is 22.0 Å². The van der Waals surface area contributed by atoms with Crippen LogP contribution in [0.3, 0.4) is 0 Å². The first-order valence-corrected chi connectivity index (χ1v) is 12.1. The summed E-state index contributed by atoms with van der Waals surface area (Å²) in [6.45, 7) is 1.28. The molecule has 1 aliphatic heterocycles. The minimum Gasteiger partial charge on any atom is -0.382 e. The third kappa shape index (κ3) is 3.60. The van der Waals surface area contributed by atoms with Crippen LogP contribution in [-0.2, 0) is 13.5 Å². The number of hydrogen-bond donors (Lipinski definition) is 3. The molecule has 6 N–H and O–H groups in total. The van der Waals surface area contributed by atoms with E-state index < -0.39 is 0 Å². The Morgan fingerprint density at radius 1 is 1.21 bits per heavy atom. The van der Waals surface area contributed by atoms with Gasteiger partial charge in [0.15, 0.2) is 0 Å². The molecule has 2 aliphatic rings. The van der Waals surface area contributed by atoms with Crippen molar-refractivity contribution in [2.45, 2.75) is 35.1 Å².